The Kier molecular flexibility index (Phi) is 8.03. The predicted molar refractivity (Wildman–Crippen MR) is 129 cm³/mol. The van der Waals surface area contributed by atoms with Gasteiger partial charge in [-0.3, -0.25) is 13.9 Å². The van der Waals surface area contributed by atoms with E-state index in [-0.39, 0.29) is 18.1 Å². The van der Waals surface area contributed by atoms with E-state index in [0.717, 1.165) is 21.7 Å². The zero-order valence-electron chi connectivity index (χ0n) is 19.9. The van der Waals surface area contributed by atoms with Crippen molar-refractivity contribution in [3.05, 3.63) is 53.6 Å². The van der Waals surface area contributed by atoms with Gasteiger partial charge >= 0.3 is 0 Å². The van der Waals surface area contributed by atoms with Crippen molar-refractivity contribution in [2.24, 2.45) is 0 Å². The minimum Gasteiger partial charge on any atom is -0.486 e. The Labute approximate surface area is 200 Å². The molecule has 0 unspecified atom stereocenters. The van der Waals surface area contributed by atoms with E-state index in [9.17, 15) is 18.0 Å². The molecule has 3 rings (SSSR count). The van der Waals surface area contributed by atoms with Crippen LogP contribution in [0.2, 0.25) is 0 Å². The molecule has 1 heterocycles. The number of fused-ring (bicyclic) bond motifs is 1. The zero-order chi connectivity index (χ0) is 24.9. The Morgan fingerprint density at radius 3 is 2.32 bits per heavy atom. The second-order valence-corrected chi connectivity index (χ2v) is 10.1. The van der Waals surface area contributed by atoms with Crippen molar-refractivity contribution in [2.75, 3.05) is 36.9 Å². The van der Waals surface area contributed by atoms with Crippen LogP contribution in [-0.4, -0.2) is 63.7 Å². The first-order valence-corrected chi connectivity index (χ1v) is 12.9. The lowest BCUT2D eigenvalue weighted by Gasteiger charge is -2.31. The maximum absolute atomic E-state index is 13.5. The van der Waals surface area contributed by atoms with Gasteiger partial charge in [-0.2, -0.15) is 0 Å². The SMILES string of the molecule is CCNC(=O)[C@H](C)N(Cc1ccc(C)cc1)C(=O)CN(c1ccc2c(c1)OCCO2)S(C)(=O)=O. The van der Waals surface area contributed by atoms with Crippen molar-refractivity contribution < 1.29 is 27.5 Å². The number of nitrogens with zero attached hydrogens (tertiary/aromatic N) is 2. The fourth-order valence-corrected chi connectivity index (χ4v) is 4.44. The minimum absolute atomic E-state index is 0.163. The Balaban J connectivity index is 1.91. The van der Waals surface area contributed by atoms with Gasteiger partial charge in [0, 0.05) is 19.2 Å². The highest BCUT2D eigenvalue weighted by Gasteiger charge is 2.30. The lowest BCUT2D eigenvalue weighted by atomic mass is 10.1. The van der Waals surface area contributed by atoms with Crippen LogP contribution < -0.4 is 19.1 Å². The molecule has 184 valence electrons. The van der Waals surface area contributed by atoms with E-state index in [1.165, 1.54) is 4.90 Å². The van der Waals surface area contributed by atoms with Gasteiger partial charge in [-0.05, 0) is 38.5 Å². The molecule has 0 bridgehead atoms. The standard InChI is InChI=1S/C24H31N3O6S/c1-5-25-24(29)18(3)26(15-19-8-6-17(2)7-9-19)23(28)16-27(34(4,30)31)20-10-11-21-22(14-20)33-13-12-32-21/h6-11,14,18H,5,12-13,15-16H2,1-4H3,(H,25,29)/t18-/m0/s1. The van der Waals surface area contributed by atoms with Crippen LogP contribution in [0, 0.1) is 6.92 Å². The fraction of sp³-hybridized carbons (Fsp3) is 0.417. The molecular weight excluding hydrogens is 458 g/mol. The van der Waals surface area contributed by atoms with Crippen LogP contribution in [0.15, 0.2) is 42.5 Å². The first kappa shape index (κ1) is 25.4. The molecule has 2 amide bonds. The molecule has 9 nitrogen and oxygen atoms in total. The van der Waals surface area contributed by atoms with E-state index in [1.807, 2.05) is 31.2 Å². The summed E-state index contributed by atoms with van der Waals surface area (Å²) >= 11 is 0. The number of anilines is 1. The van der Waals surface area contributed by atoms with Gasteiger partial charge in [0.05, 0.1) is 11.9 Å². The van der Waals surface area contributed by atoms with E-state index in [0.29, 0.717) is 31.3 Å². The molecule has 0 aliphatic carbocycles. The lowest BCUT2D eigenvalue weighted by Crippen LogP contribution is -2.51. The van der Waals surface area contributed by atoms with Gasteiger partial charge in [0.2, 0.25) is 21.8 Å². The summed E-state index contributed by atoms with van der Waals surface area (Å²) in [5, 5.41) is 2.73. The van der Waals surface area contributed by atoms with Crippen molar-refractivity contribution >= 4 is 27.5 Å². The summed E-state index contributed by atoms with van der Waals surface area (Å²) in [6.45, 7) is 6.26. The van der Waals surface area contributed by atoms with Crippen molar-refractivity contribution in [3.63, 3.8) is 0 Å². The number of carbonyl (C=O) groups excluding carboxylic acids is 2. The van der Waals surface area contributed by atoms with Crippen LogP contribution >= 0.6 is 0 Å². The molecule has 0 radical (unpaired) electrons. The number of benzene rings is 2. The monoisotopic (exact) mass is 489 g/mol. The molecular formula is C24H31N3O6S. The Hall–Kier alpha value is -3.27. The second kappa shape index (κ2) is 10.8. The van der Waals surface area contributed by atoms with E-state index < -0.39 is 28.5 Å². The zero-order valence-corrected chi connectivity index (χ0v) is 20.7. The van der Waals surface area contributed by atoms with E-state index in [4.69, 9.17) is 9.47 Å². The molecule has 34 heavy (non-hydrogen) atoms. The van der Waals surface area contributed by atoms with Crippen LogP contribution in [0.3, 0.4) is 0 Å². The second-order valence-electron chi connectivity index (χ2n) is 8.18. The number of likely N-dealkylation sites (N-methyl/N-ethyl adjacent to an activating group) is 1. The number of nitrogens with one attached hydrogen (secondary N) is 1. The quantitative estimate of drug-likeness (QED) is 0.578. The maximum Gasteiger partial charge on any atom is 0.244 e. The van der Waals surface area contributed by atoms with E-state index in [1.54, 1.807) is 32.0 Å². The molecule has 2 aromatic rings. The Morgan fingerprint density at radius 2 is 1.71 bits per heavy atom. The first-order chi connectivity index (χ1) is 16.1. The third-order valence-corrected chi connectivity index (χ3v) is 6.63. The van der Waals surface area contributed by atoms with Gasteiger partial charge in [-0.15, -0.1) is 0 Å². The number of sulfonamides is 1. The molecule has 0 fully saturated rings. The van der Waals surface area contributed by atoms with Crippen LogP contribution in [0.1, 0.15) is 25.0 Å². The molecule has 1 N–H and O–H groups in total. The van der Waals surface area contributed by atoms with Crippen LogP contribution in [-0.2, 0) is 26.2 Å². The molecule has 1 aliphatic heterocycles. The number of hydrogen-bond donors (Lipinski definition) is 1. The van der Waals surface area contributed by atoms with E-state index in [2.05, 4.69) is 5.32 Å². The molecule has 0 saturated carbocycles. The van der Waals surface area contributed by atoms with E-state index >= 15 is 0 Å². The highest BCUT2D eigenvalue weighted by Crippen LogP contribution is 2.34. The summed E-state index contributed by atoms with van der Waals surface area (Å²) in [6, 6.07) is 11.5. The smallest absolute Gasteiger partial charge is 0.244 e. The third kappa shape index (κ3) is 6.19. The van der Waals surface area contributed by atoms with Gasteiger partial charge in [-0.25, -0.2) is 8.42 Å². The molecule has 2 aromatic carbocycles. The first-order valence-electron chi connectivity index (χ1n) is 11.1. The van der Waals surface area contributed by atoms with Crippen LogP contribution in [0.5, 0.6) is 11.5 Å². The average molecular weight is 490 g/mol. The molecule has 0 spiro atoms. The highest BCUT2D eigenvalue weighted by molar-refractivity contribution is 7.92. The average Bonchev–Trinajstić information content (AvgIpc) is 2.80. The summed E-state index contributed by atoms with van der Waals surface area (Å²) in [5.41, 5.74) is 2.18. The van der Waals surface area contributed by atoms with Crippen molar-refractivity contribution in [2.45, 2.75) is 33.4 Å². The number of rotatable bonds is 9. The summed E-state index contributed by atoms with van der Waals surface area (Å²) in [7, 11) is -3.82. The Bertz CT molecular complexity index is 1130. The fourth-order valence-electron chi connectivity index (χ4n) is 3.60. The predicted octanol–water partition coefficient (Wildman–Crippen LogP) is 2.09. The molecule has 0 aromatic heterocycles. The number of carbonyl (C=O) groups is 2. The summed E-state index contributed by atoms with van der Waals surface area (Å²) in [5.74, 6) is 0.116. The van der Waals surface area contributed by atoms with Crippen LogP contribution in [0.4, 0.5) is 5.69 Å². The van der Waals surface area contributed by atoms with Crippen molar-refractivity contribution in [1.82, 2.24) is 10.2 Å². The third-order valence-electron chi connectivity index (χ3n) is 5.48. The molecule has 0 saturated heterocycles. The number of ether oxygens (including phenoxy) is 2. The van der Waals surface area contributed by atoms with Gasteiger partial charge < -0.3 is 19.7 Å². The maximum atomic E-state index is 13.5. The minimum atomic E-state index is -3.82. The summed E-state index contributed by atoms with van der Waals surface area (Å²) in [6.07, 6.45) is 1.04. The van der Waals surface area contributed by atoms with Gasteiger partial charge in [0.15, 0.2) is 11.5 Å². The summed E-state index contributed by atoms with van der Waals surface area (Å²) in [4.78, 5) is 27.4. The number of hydrogen-bond acceptors (Lipinski definition) is 6. The summed E-state index contributed by atoms with van der Waals surface area (Å²) < 4.78 is 37.4. The van der Waals surface area contributed by atoms with Crippen LogP contribution in [0.25, 0.3) is 0 Å². The van der Waals surface area contributed by atoms with Gasteiger partial charge in [0.25, 0.3) is 0 Å². The van der Waals surface area contributed by atoms with Gasteiger partial charge in [-0.1, -0.05) is 29.8 Å². The molecule has 1 atom stereocenters. The van der Waals surface area contributed by atoms with Crippen molar-refractivity contribution in [3.8, 4) is 11.5 Å². The number of aryl methyl sites for hydroxylation is 1. The van der Waals surface area contributed by atoms with Gasteiger partial charge in [0.1, 0.15) is 25.8 Å². The largest absolute Gasteiger partial charge is 0.486 e. The normalized spacial score (nSPS) is 13.6. The Morgan fingerprint density at radius 1 is 1.06 bits per heavy atom. The molecule has 10 heteroatoms. The topological polar surface area (TPSA) is 105 Å². The van der Waals surface area contributed by atoms with Crippen molar-refractivity contribution in [1.29, 1.82) is 0 Å². The lowest BCUT2D eigenvalue weighted by molar-refractivity contribution is -0.139. The molecule has 1 aliphatic rings. The highest BCUT2D eigenvalue weighted by atomic mass is 32.2. The number of amides is 2.